The average Bonchev–Trinajstić information content (AvgIpc) is 3.75. The first-order valence-electron chi connectivity index (χ1n) is 18.6. The lowest BCUT2D eigenvalue weighted by Crippen LogP contribution is -1.91. The summed E-state index contributed by atoms with van der Waals surface area (Å²) in [4.78, 5) is 0. The molecule has 0 aliphatic rings. The molecule has 0 aliphatic heterocycles. The van der Waals surface area contributed by atoms with Gasteiger partial charge in [0.15, 0.2) is 0 Å². The van der Waals surface area contributed by atoms with Gasteiger partial charge in [-0.05, 0) is 115 Å². The van der Waals surface area contributed by atoms with Crippen LogP contribution in [-0.4, -0.2) is 9.13 Å². The maximum absolute atomic E-state index is 2.31. The predicted molar refractivity (Wildman–Crippen MR) is 232 cm³/mol. The summed E-state index contributed by atoms with van der Waals surface area (Å²) in [6, 6.07) is 66.4. The third kappa shape index (κ3) is 5.70. The van der Waals surface area contributed by atoms with Crippen LogP contribution in [0, 0.1) is 0 Å². The molecule has 54 heavy (non-hydrogen) atoms. The summed E-state index contributed by atoms with van der Waals surface area (Å²) in [5, 5.41) is 7.46. The first-order valence-corrected chi connectivity index (χ1v) is 18.6. The van der Waals surface area contributed by atoms with Gasteiger partial charge in [0.2, 0.25) is 0 Å². The Hall–Kier alpha value is -6.90. The number of aromatic nitrogens is 2. The molecule has 2 heterocycles. The summed E-state index contributed by atoms with van der Waals surface area (Å²) in [7, 11) is 4.34. The Morgan fingerprint density at radius 1 is 0.296 bits per heavy atom. The summed E-state index contributed by atoms with van der Waals surface area (Å²) in [5.74, 6) is 0. The SMILES string of the molecule is Cn1c(-c2ccc3cc(C=Cc4ccc5cc(-c6cc7ccc(-c8ccccc8)cc7n6C)ccc5c4)ccc3c2)cc2ccc(-c3ccccc3)cc21. The molecule has 0 unspecified atom stereocenters. The van der Waals surface area contributed by atoms with Crippen molar-refractivity contribution in [2.24, 2.45) is 14.1 Å². The quantitative estimate of drug-likeness (QED) is 0.154. The largest absolute Gasteiger partial charge is 0.344 e. The van der Waals surface area contributed by atoms with Crippen LogP contribution in [0.3, 0.4) is 0 Å². The van der Waals surface area contributed by atoms with E-state index in [0.717, 1.165) is 0 Å². The van der Waals surface area contributed by atoms with Gasteiger partial charge in [0.1, 0.15) is 0 Å². The maximum Gasteiger partial charge on any atom is 0.0488 e. The number of nitrogens with zero attached hydrogens (tertiary/aromatic N) is 2. The fraction of sp³-hybridized carbons (Fsp3) is 0.0385. The number of fused-ring (bicyclic) bond motifs is 4. The molecule has 10 rings (SSSR count). The zero-order valence-corrected chi connectivity index (χ0v) is 30.4. The first-order chi connectivity index (χ1) is 26.5. The third-order valence-corrected chi connectivity index (χ3v) is 11.1. The summed E-state index contributed by atoms with van der Waals surface area (Å²) >= 11 is 0. The Bertz CT molecular complexity index is 2840. The Labute approximate surface area is 315 Å². The van der Waals surface area contributed by atoms with Gasteiger partial charge in [0.25, 0.3) is 0 Å². The monoisotopic (exact) mass is 690 g/mol. The van der Waals surface area contributed by atoms with Crippen LogP contribution in [0.5, 0.6) is 0 Å². The predicted octanol–water partition coefficient (Wildman–Crippen LogP) is 13.8. The van der Waals surface area contributed by atoms with Crippen LogP contribution in [-0.2, 0) is 14.1 Å². The zero-order valence-electron chi connectivity index (χ0n) is 30.4. The van der Waals surface area contributed by atoms with Crippen molar-refractivity contribution in [1.82, 2.24) is 9.13 Å². The maximum atomic E-state index is 2.31. The van der Waals surface area contributed by atoms with Crippen molar-refractivity contribution in [1.29, 1.82) is 0 Å². The Morgan fingerprint density at radius 3 is 1.11 bits per heavy atom. The molecule has 0 saturated carbocycles. The average molecular weight is 691 g/mol. The lowest BCUT2D eigenvalue weighted by atomic mass is 10.0. The van der Waals surface area contributed by atoms with E-state index in [-0.39, 0.29) is 0 Å². The van der Waals surface area contributed by atoms with Gasteiger partial charge in [0, 0.05) is 47.3 Å². The van der Waals surface area contributed by atoms with Gasteiger partial charge in [-0.25, -0.2) is 0 Å². The second-order valence-corrected chi connectivity index (χ2v) is 14.4. The Kier molecular flexibility index (Phi) is 7.63. The number of benzene rings is 8. The smallest absolute Gasteiger partial charge is 0.0488 e. The van der Waals surface area contributed by atoms with Crippen LogP contribution in [0.2, 0.25) is 0 Å². The number of aryl methyl sites for hydroxylation is 2. The lowest BCUT2D eigenvalue weighted by Gasteiger charge is -2.08. The molecule has 0 radical (unpaired) electrons. The molecule has 2 aromatic heterocycles. The Balaban J connectivity index is 0.887. The molecular formula is C52H38N2. The molecule has 0 saturated heterocycles. The highest BCUT2D eigenvalue weighted by Crippen LogP contribution is 2.34. The van der Waals surface area contributed by atoms with E-state index in [4.69, 9.17) is 0 Å². The normalized spacial score (nSPS) is 11.8. The molecule has 0 bridgehead atoms. The van der Waals surface area contributed by atoms with Crippen LogP contribution in [0.25, 0.3) is 100 Å². The molecule has 0 aliphatic carbocycles. The van der Waals surface area contributed by atoms with Gasteiger partial charge in [-0.3, -0.25) is 0 Å². The second-order valence-electron chi connectivity index (χ2n) is 14.4. The highest BCUT2D eigenvalue weighted by molar-refractivity contribution is 5.96. The molecule has 2 heteroatoms. The number of hydrogen-bond acceptors (Lipinski definition) is 0. The minimum atomic E-state index is 1.19. The van der Waals surface area contributed by atoms with Crippen LogP contribution in [0.15, 0.2) is 182 Å². The zero-order chi connectivity index (χ0) is 36.2. The highest BCUT2D eigenvalue weighted by Gasteiger charge is 2.12. The number of hydrogen-bond donors (Lipinski definition) is 0. The summed E-state index contributed by atoms with van der Waals surface area (Å²) in [5.41, 5.74) is 14.7. The topological polar surface area (TPSA) is 9.86 Å². The van der Waals surface area contributed by atoms with Crippen molar-refractivity contribution in [3.8, 4) is 44.8 Å². The van der Waals surface area contributed by atoms with E-state index >= 15 is 0 Å². The van der Waals surface area contributed by atoms with Crippen molar-refractivity contribution in [2.45, 2.75) is 0 Å². The van der Waals surface area contributed by atoms with Crippen molar-refractivity contribution in [2.75, 3.05) is 0 Å². The molecular weight excluding hydrogens is 653 g/mol. The summed E-state index contributed by atoms with van der Waals surface area (Å²) in [6.07, 6.45) is 4.44. The Morgan fingerprint density at radius 2 is 0.667 bits per heavy atom. The van der Waals surface area contributed by atoms with Crippen molar-refractivity contribution in [3.63, 3.8) is 0 Å². The molecule has 256 valence electrons. The first kappa shape index (κ1) is 31.8. The fourth-order valence-electron chi connectivity index (χ4n) is 8.08. The van der Waals surface area contributed by atoms with Gasteiger partial charge in [-0.1, -0.05) is 146 Å². The molecule has 0 atom stereocenters. The van der Waals surface area contributed by atoms with Gasteiger partial charge >= 0.3 is 0 Å². The van der Waals surface area contributed by atoms with Crippen LogP contribution < -0.4 is 0 Å². The fourth-order valence-corrected chi connectivity index (χ4v) is 8.08. The van der Waals surface area contributed by atoms with E-state index in [1.54, 1.807) is 0 Å². The molecule has 0 spiro atoms. The molecule has 10 aromatic rings. The van der Waals surface area contributed by atoms with E-state index in [0.29, 0.717) is 0 Å². The van der Waals surface area contributed by atoms with E-state index in [2.05, 4.69) is 217 Å². The number of rotatable bonds is 6. The molecule has 0 N–H and O–H groups in total. The van der Waals surface area contributed by atoms with E-state index in [1.165, 1.54) is 99.2 Å². The molecule has 8 aromatic carbocycles. The van der Waals surface area contributed by atoms with Crippen LogP contribution >= 0.6 is 0 Å². The van der Waals surface area contributed by atoms with Crippen molar-refractivity contribution < 1.29 is 0 Å². The van der Waals surface area contributed by atoms with E-state index in [1.807, 2.05) is 0 Å². The van der Waals surface area contributed by atoms with Crippen molar-refractivity contribution >= 4 is 55.5 Å². The summed E-state index contributed by atoms with van der Waals surface area (Å²) in [6.45, 7) is 0. The molecule has 0 amide bonds. The third-order valence-electron chi connectivity index (χ3n) is 11.1. The molecule has 2 nitrogen and oxygen atoms in total. The van der Waals surface area contributed by atoms with E-state index < -0.39 is 0 Å². The minimum absolute atomic E-state index is 1.19. The summed E-state index contributed by atoms with van der Waals surface area (Å²) < 4.78 is 4.63. The van der Waals surface area contributed by atoms with Crippen LogP contribution in [0.1, 0.15) is 11.1 Å². The second kappa shape index (κ2) is 12.9. The van der Waals surface area contributed by atoms with Crippen molar-refractivity contribution in [3.05, 3.63) is 193 Å². The highest BCUT2D eigenvalue weighted by atomic mass is 14.9. The van der Waals surface area contributed by atoms with Gasteiger partial charge in [-0.2, -0.15) is 0 Å². The van der Waals surface area contributed by atoms with Gasteiger partial charge in [0.05, 0.1) is 0 Å². The van der Waals surface area contributed by atoms with E-state index in [9.17, 15) is 0 Å². The lowest BCUT2D eigenvalue weighted by molar-refractivity contribution is 0.979. The standard InChI is InChI=1S/C52H38N2/c1-53-49-31-43(37-9-5-3-6-10-37)21-25-47(49)33-51(53)45-23-19-39-27-35(15-17-41(39)29-45)13-14-36-16-18-42-30-46(24-20-40(42)28-36)52-34-48-26-22-44(32-50(48)54(52)2)38-11-7-4-8-12-38/h3-34H,1-2H3. The van der Waals surface area contributed by atoms with Crippen LogP contribution in [0.4, 0.5) is 0 Å². The molecule has 0 fully saturated rings. The minimum Gasteiger partial charge on any atom is -0.344 e. The van der Waals surface area contributed by atoms with Gasteiger partial charge in [-0.15, -0.1) is 0 Å². The van der Waals surface area contributed by atoms with Gasteiger partial charge < -0.3 is 9.13 Å².